The first-order chi connectivity index (χ1) is 6.67. The highest BCUT2D eigenvalue weighted by Gasteiger charge is 2.03. The molecule has 0 unspecified atom stereocenters. The summed E-state index contributed by atoms with van der Waals surface area (Å²) in [7, 11) is 1.49. The number of anilines is 1. The second-order valence-electron chi connectivity index (χ2n) is 2.42. The molecule has 0 heterocycles. The van der Waals surface area contributed by atoms with Crippen LogP contribution in [0.4, 0.5) is 5.69 Å². The molecule has 0 saturated carbocycles. The van der Waals surface area contributed by atoms with Crippen molar-refractivity contribution in [3.05, 3.63) is 23.2 Å². The summed E-state index contributed by atoms with van der Waals surface area (Å²) in [6, 6.07) is 6.15. The number of hydrogen-bond acceptors (Lipinski definition) is 3. The molecule has 0 saturated heterocycles. The second-order valence-corrected chi connectivity index (χ2v) is 2.82. The molecule has 0 atom stereocenters. The molecule has 1 N–H and O–H groups in total. The molecule has 1 rings (SSSR count). The summed E-state index contributed by atoms with van der Waals surface area (Å²) in [5.74, 6) is -0.215. The number of benzene rings is 1. The van der Waals surface area contributed by atoms with Gasteiger partial charge in [-0.2, -0.15) is 5.26 Å². The lowest BCUT2D eigenvalue weighted by Crippen LogP contribution is -2.07. The summed E-state index contributed by atoms with van der Waals surface area (Å²) in [6.07, 6.45) is 0. The van der Waals surface area contributed by atoms with E-state index in [1.54, 1.807) is 12.1 Å². The molecular formula is C9H7ClN2O2. The van der Waals surface area contributed by atoms with Crippen molar-refractivity contribution in [1.29, 1.82) is 5.26 Å². The van der Waals surface area contributed by atoms with E-state index in [0.29, 0.717) is 16.5 Å². The fourth-order valence-electron chi connectivity index (χ4n) is 0.903. The highest BCUT2D eigenvalue weighted by atomic mass is 35.5. The summed E-state index contributed by atoms with van der Waals surface area (Å²) in [5.41, 5.74) is 0.461. The van der Waals surface area contributed by atoms with Gasteiger partial charge in [0.15, 0.2) is 6.07 Å². The number of nitriles is 1. The van der Waals surface area contributed by atoms with Crippen LogP contribution in [0.3, 0.4) is 0 Å². The minimum absolute atomic E-state index is 0.378. The van der Waals surface area contributed by atoms with Crippen LogP contribution in [0.15, 0.2) is 18.2 Å². The number of carbonyl (C=O) groups excluding carboxylic acids is 1. The maximum atomic E-state index is 10.7. The van der Waals surface area contributed by atoms with E-state index in [0.717, 1.165) is 0 Å². The average Bonchev–Trinajstić information content (AvgIpc) is 2.18. The maximum Gasteiger partial charge on any atom is 0.326 e. The highest BCUT2D eigenvalue weighted by Crippen LogP contribution is 2.26. The zero-order valence-electron chi connectivity index (χ0n) is 7.37. The zero-order chi connectivity index (χ0) is 10.6. The van der Waals surface area contributed by atoms with E-state index < -0.39 is 5.91 Å². The fraction of sp³-hybridized carbons (Fsp3) is 0.111. The monoisotopic (exact) mass is 210 g/mol. The van der Waals surface area contributed by atoms with Gasteiger partial charge >= 0.3 is 5.91 Å². The molecule has 0 aliphatic rings. The Morgan fingerprint density at radius 3 is 2.86 bits per heavy atom. The molecule has 0 aliphatic carbocycles. The second kappa shape index (κ2) is 4.49. The zero-order valence-corrected chi connectivity index (χ0v) is 8.13. The number of hydrogen-bond donors (Lipinski definition) is 1. The fourth-order valence-corrected chi connectivity index (χ4v) is 1.16. The first-order valence-corrected chi connectivity index (χ1v) is 4.10. The summed E-state index contributed by atoms with van der Waals surface area (Å²) < 4.78 is 4.92. The lowest BCUT2D eigenvalue weighted by Gasteiger charge is -2.05. The van der Waals surface area contributed by atoms with Gasteiger partial charge in [-0.15, -0.1) is 0 Å². The number of halogens is 1. The average molecular weight is 211 g/mol. The van der Waals surface area contributed by atoms with Crippen LogP contribution >= 0.6 is 11.6 Å². The molecular weight excluding hydrogens is 204 g/mol. The van der Waals surface area contributed by atoms with Crippen LogP contribution in [0, 0.1) is 11.3 Å². The SMILES string of the molecule is COc1ccc(NC(=O)C#N)cc1Cl. The standard InChI is InChI=1S/C9H7ClN2O2/c1-14-8-3-2-6(4-7(8)10)12-9(13)5-11/h2-4H,1H3,(H,12,13). The van der Waals surface area contributed by atoms with Gasteiger partial charge in [0, 0.05) is 5.69 Å². The minimum atomic E-state index is -0.730. The van der Waals surface area contributed by atoms with Gasteiger partial charge in [0.25, 0.3) is 0 Å². The van der Waals surface area contributed by atoms with Crippen LogP contribution < -0.4 is 10.1 Å². The van der Waals surface area contributed by atoms with E-state index in [2.05, 4.69) is 5.32 Å². The molecule has 14 heavy (non-hydrogen) atoms. The molecule has 0 aliphatic heterocycles. The van der Waals surface area contributed by atoms with Gasteiger partial charge in [0.1, 0.15) is 5.75 Å². The molecule has 1 amide bonds. The van der Waals surface area contributed by atoms with Crippen molar-refractivity contribution in [1.82, 2.24) is 0 Å². The summed E-state index contributed by atoms with van der Waals surface area (Å²) in [4.78, 5) is 10.7. The summed E-state index contributed by atoms with van der Waals surface area (Å²) in [6.45, 7) is 0. The largest absolute Gasteiger partial charge is 0.495 e. The van der Waals surface area contributed by atoms with Crippen molar-refractivity contribution in [3.8, 4) is 11.8 Å². The third-order valence-corrected chi connectivity index (χ3v) is 1.81. The first-order valence-electron chi connectivity index (χ1n) is 3.72. The van der Waals surface area contributed by atoms with Crippen LogP contribution in [0.2, 0.25) is 5.02 Å². The molecule has 72 valence electrons. The molecule has 0 radical (unpaired) electrons. The number of rotatable bonds is 2. The third kappa shape index (κ3) is 2.38. The smallest absolute Gasteiger partial charge is 0.326 e. The Morgan fingerprint density at radius 2 is 2.36 bits per heavy atom. The van der Waals surface area contributed by atoms with Gasteiger partial charge in [-0.05, 0) is 18.2 Å². The normalized spacial score (nSPS) is 8.93. The molecule has 0 aromatic heterocycles. The Balaban J connectivity index is 2.87. The molecule has 5 heteroatoms. The van der Waals surface area contributed by atoms with Gasteiger partial charge in [0.2, 0.25) is 0 Å². The van der Waals surface area contributed by atoms with Gasteiger partial charge in [-0.25, -0.2) is 0 Å². The van der Waals surface area contributed by atoms with Crippen molar-refractivity contribution in [2.45, 2.75) is 0 Å². The first kappa shape index (κ1) is 10.4. The Labute approximate surface area is 86.0 Å². The van der Waals surface area contributed by atoms with Crippen molar-refractivity contribution in [3.63, 3.8) is 0 Å². The predicted octanol–water partition coefficient (Wildman–Crippen LogP) is 1.81. The van der Waals surface area contributed by atoms with Gasteiger partial charge in [-0.3, -0.25) is 4.79 Å². The van der Waals surface area contributed by atoms with E-state index in [9.17, 15) is 4.79 Å². The number of carbonyl (C=O) groups is 1. The molecule has 0 bridgehead atoms. The number of nitrogens with zero attached hydrogens (tertiary/aromatic N) is 1. The Hall–Kier alpha value is -1.73. The van der Waals surface area contributed by atoms with Gasteiger partial charge in [-0.1, -0.05) is 11.6 Å². The summed E-state index contributed by atoms with van der Waals surface area (Å²) >= 11 is 5.80. The summed E-state index contributed by atoms with van der Waals surface area (Å²) in [5, 5.41) is 11.0. The van der Waals surface area contributed by atoms with Crippen LogP contribution in [-0.2, 0) is 4.79 Å². The van der Waals surface area contributed by atoms with E-state index in [1.807, 2.05) is 0 Å². The van der Waals surface area contributed by atoms with E-state index in [1.165, 1.54) is 19.2 Å². The van der Waals surface area contributed by atoms with Crippen molar-refractivity contribution >= 4 is 23.2 Å². The van der Waals surface area contributed by atoms with Gasteiger partial charge in [0.05, 0.1) is 12.1 Å². The quantitative estimate of drug-likeness (QED) is 0.758. The molecule has 1 aromatic carbocycles. The Kier molecular flexibility index (Phi) is 3.32. The van der Waals surface area contributed by atoms with Crippen LogP contribution in [0.1, 0.15) is 0 Å². The molecule has 1 aromatic rings. The Morgan fingerprint density at radius 1 is 1.64 bits per heavy atom. The highest BCUT2D eigenvalue weighted by molar-refractivity contribution is 6.32. The minimum Gasteiger partial charge on any atom is -0.495 e. The Bertz CT molecular complexity index is 398. The third-order valence-electron chi connectivity index (χ3n) is 1.51. The predicted molar refractivity (Wildman–Crippen MR) is 52.2 cm³/mol. The molecule has 4 nitrogen and oxygen atoms in total. The van der Waals surface area contributed by atoms with E-state index in [4.69, 9.17) is 21.6 Å². The number of amides is 1. The lowest BCUT2D eigenvalue weighted by molar-refractivity contribution is -0.111. The number of methoxy groups -OCH3 is 1. The van der Waals surface area contributed by atoms with Crippen LogP contribution in [0.5, 0.6) is 5.75 Å². The molecule has 0 spiro atoms. The van der Waals surface area contributed by atoms with E-state index >= 15 is 0 Å². The maximum absolute atomic E-state index is 10.7. The van der Waals surface area contributed by atoms with Crippen LogP contribution in [-0.4, -0.2) is 13.0 Å². The number of ether oxygens (including phenoxy) is 1. The molecule has 0 fully saturated rings. The van der Waals surface area contributed by atoms with Crippen LogP contribution in [0.25, 0.3) is 0 Å². The van der Waals surface area contributed by atoms with E-state index in [-0.39, 0.29) is 0 Å². The number of nitrogens with one attached hydrogen (secondary N) is 1. The van der Waals surface area contributed by atoms with Crippen molar-refractivity contribution in [2.75, 3.05) is 12.4 Å². The van der Waals surface area contributed by atoms with Crippen molar-refractivity contribution in [2.24, 2.45) is 0 Å². The van der Waals surface area contributed by atoms with Crippen molar-refractivity contribution < 1.29 is 9.53 Å². The lowest BCUT2D eigenvalue weighted by atomic mass is 10.3. The topological polar surface area (TPSA) is 62.1 Å². The van der Waals surface area contributed by atoms with Gasteiger partial charge < -0.3 is 10.1 Å².